The van der Waals surface area contributed by atoms with Gasteiger partial charge >= 0.3 is 179 Å². The van der Waals surface area contributed by atoms with E-state index in [4.69, 9.17) is 12.2 Å². The molecule has 3 aromatic heterocycles. The summed E-state index contributed by atoms with van der Waals surface area (Å²) < 4.78 is 1.92. The SMILES string of the molecule is CN1C(=O)/C(=C/c2ccc(N(c3cccnc3)c3ccccn3)[se]2)C(=O)NC1=S. The Balaban J connectivity index is 1.72. The van der Waals surface area contributed by atoms with Crippen LogP contribution < -0.4 is 10.2 Å². The Kier molecular flexibility index (Phi) is 5.35. The molecular weight excluding hydrogens is 453 g/mol. The van der Waals surface area contributed by atoms with Gasteiger partial charge in [-0.3, -0.25) is 0 Å². The van der Waals surface area contributed by atoms with Crippen LogP contribution in [0, 0.1) is 0 Å². The first-order valence-corrected chi connectivity index (χ1v) is 10.7. The summed E-state index contributed by atoms with van der Waals surface area (Å²) in [6.07, 6.45) is 6.87. The normalized spacial score (nSPS) is 15.6. The van der Waals surface area contributed by atoms with Crippen molar-refractivity contribution in [1.29, 1.82) is 0 Å². The zero-order valence-corrected chi connectivity index (χ0v) is 17.8. The number of hydrogen-bond acceptors (Lipinski definition) is 6. The molecule has 144 valence electrons. The van der Waals surface area contributed by atoms with Gasteiger partial charge in [-0.15, -0.1) is 0 Å². The summed E-state index contributed by atoms with van der Waals surface area (Å²) >= 11 is 4.84. The molecule has 0 radical (unpaired) electrons. The number of amides is 2. The third kappa shape index (κ3) is 3.88. The van der Waals surface area contributed by atoms with Crippen LogP contribution in [-0.2, 0) is 9.59 Å². The molecule has 1 aliphatic heterocycles. The minimum atomic E-state index is -0.475. The fourth-order valence-electron chi connectivity index (χ4n) is 2.77. The van der Waals surface area contributed by atoms with E-state index in [9.17, 15) is 9.59 Å². The molecule has 0 spiro atoms. The number of carbonyl (C=O) groups excluding carboxylic acids is 2. The van der Waals surface area contributed by atoms with Crippen LogP contribution in [0.5, 0.6) is 0 Å². The molecule has 2 amide bonds. The quantitative estimate of drug-likeness (QED) is 0.274. The predicted octanol–water partition coefficient (Wildman–Crippen LogP) is 2.26. The van der Waals surface area contributed by atoms with Crippen molar-refractivity contribution in [2.45, 2.75) is 0 Å². The van der Waals surface area contributed by atoms with E-state index in [1.54, 1.807) is 31.7 Å². The van der Waals surface area contributed by atoms with Gasteiger partial charge in [0.05, 0.1) is 0 Å². The van der Waals surface area contributed by atoms with Gasteiger partial charge in [0.1, 0.15) is 0 Å². The summed E-state index contributed by atoms with van der Waals surface area (Å²) in [5.41, 5.74) is 0.966. The molecule has 0 saturated carbocycles. The van der Waals surface area contributed by atoms with Gasteiger partial charge in [-0.2, -0.15) is 0 Å². The maximum atomic E-state index is 12.4. The van der Waals surface area contributed by atoms with Crippen molar-refractivity contribution in [2.75, 3.05) is 11.9 Å². The van der Waals surface area contributed by atoms with Crippen LogP contribution in [0.4, 0.5) is 16.1 Å². The molecule has 1 N–H and O–H groups in total. The fraction of sp³-hybridized carbons (Fsp3) is 0.0500. The van der Waals surface area contributed by atoms with Crippen molar-refractivity contribution in [3.8, 4) is 0 Å². The maximum absolute atomic E-state index is 12.4. The second kappa shape index (κ2) is 8.08. The van der Waals surface area contributed by atoms with E-state index < -0.39 is 11.8 Å². The van der Waals surface area contributed by atoms with Gasteiger partial charge in [0.15, 0.2) is 0 Å². The van der Waals surface area contributed by atoms with E-state index in [0.717, 1.165) is 20.5 Å². The molecule has 0 bridgehead atoms. The molecule has 1 fully saturated rings. The molecule has 1 aliphatic rings. The Bertz CT molecular complexity index is 1070. The van der Waals surface area contributed by atoms with Crippen molar-refractivity contribution in [2.24, 2.45) is 0 Å². The molecule has 0 aliphatic carbocycles. The van der Waals surface area contributed by atoms with E-state index in [1.807, 2.05) is 47.4 Å². The molecular formula is C20H15N5O2SSe. The number of thiocarbonyl (C=S) groups is 1. The topological polar surface area (TPSA) is 78.4 Å². The molecule has 29 heavy (non-hydrogen) atoms. The van der Waals surface area contributed by atoms with Crippen LogP contribution in [0.15, 0.2) is 66.6 Å². The third-order valence-electron chi connectivity index (χ3n) is 4.21. The van der Waals surface area contributed by atoms with Gasteiger partial charge in [-0.05, 0) is 0 Å². The number of likely N-dealkylation sites (N-methyl/N-ethyl adjacent to an activating group) is 1. The number of nitrogens with zero attached hydrogens (tertiary/aromatic N) is 4. The summed E-state index contributed by atoms with van der Waals surface area (Å²) in [5, 5.41) is 2.64. The van der Waals surface area contributed by atoms with E-state index >= 15 is 0 Å². The molecule has 1 saturated heterocycles. The number of carbonyl (C=O) groups is 2. The van der Waals surface area contributed by atoms with Crippen molar-refractivity contribution >= 4 is 65.8 Å². The Morgan fingerprint density at radius 2 is 2.00 bits per heavy atom. The van der Waals surface area contributed by atoms with Gasteiger partial charge in [0, 0.05) is 0 Å². The van der Waals surface area contributed by atoms with E-state index in [2.05, 4.69) is 15.3 Å². The van der Waals surface area contributed by atoms with Crippen molar-refractivity contribution in [3.63, 3.8) is 0 Å². The zero-order chi connectivity index (χ0) is 20.4. The second-order valence-electron chi connectivity index (χ2n) is 6.09. The Morgan fingerprint density at radius 1 is 1.14 bits per heavy atom. The zero-order valence-electron chi connectivity index (χ0n) is 15.3. The Morgan fingerprint density at radius 3 is 2.72 bits per heavy atom. The van der Waals surface area contributed by atoms with Crippen LogP contribution in [0.1, 0.15) is 4.44 Å². The molecule has 4 heterocycles. The second-order valence-corrected chi connectivity index (χ2v) is 8.77. The third-order valence-corrected chi connectivity index (χ3v) is 6.72. The number of rotatable bonds is 4. The first-order valence-electron chi connectivity index (χ1n) is 8.60. The average molecular weight is 468 g/mol. The Hall–Kier alpha value is -3.13. The summed E-state index contributed by atoms with van der Waals surface area (Å²) in [6, 6.07) is 13.4. The number of hydrogen-bond donors (Lipinski definition) is 1. The Labute approximate surface area is 178 Å². The number of nitrogens with one attached hydrogen (secondary N) is 1. The van der Waals surface area contributed by atoms with Crippen LogP contribution in [0.3, 0.4) is 0 Å². The van der Waals surface area contributed by atoms with Gasteiger partial charge in [0.2, 0.25) is 0 Å². The molecule has 7 nitrogen and oxygen atoms in total. The minimum absolute atomic E-state index is 0.0784. The van der Waals surface area contributed by atoms with Crippen LogP contribution in [0.2, 0.25) is 0 Å². The van der Waals surface area contributed by atoms with E-state index in [-0.39, 0.29) is 25.2 Å². The van der Waals surface area contributed by atoms with Gasteiger partial charge in [-0.1, -0.05) is 0 Å². The monoisotopic (exact) mass is 469 g/mol. The van der Waals surface area contributed by atoms with Crippen molar-refractivity contribution in [1.82, 2.24) is 20.2 Å². The van der Waals surface area contributed by atoms with Crippen LogP contribution in [0.25, 0.3) is 6.08 Å². The summed E-state index contributed by atoms with van der Waals surface area (Å²) in [7, 11) is 1.54. The summed E-state index contributed by atoms with van der Waals surface area (Å²) in [6.45, 7) is 0. The number of aromatic nitrogens is 2. The van der Waals surface area contributed by atoms with Crippen LogP contribution in [-0.4, -0.2) is 53.3 Å². The molecule has 9 heteroatoms. The van der Waals surface area contributed by atoms with Crippen LogP contribution >= 0.6 is 12.2 Å². The van der Waals surface area contributed by atoms with Crippen molar-refractivity contribution < 1.29 is 9.59 Å². The summed E-state index contributed by atoms with van der Waals surface area (Å²) in [5.74, 6) is -0.109. The number of anilines is 3. The van der Waals surface area contributed by atoms with Gasteiger partial charge < -0.3 is 0 Å². The first-order chi connectivity index (χ1) is 14.0. The van der Waals surface area contributed by atoms with Gasteiger partial charge in [-0.25, -0.2) is 0 Å². The molecule has 4 rings (SSSR count). The predicted molar refractivity (Wildman–Crippen MR) is 115 cm³/mol. The number of pyridine rings is 2. The van der Waals surface area contributed by atoms with E-state index in [1.165, 1.54) is 4.90 Å². The molecule has 0 atom stereocenters. The van der Waals surface area contributed by atoms with Gasteiger partial charge in [0.25, 0.3) is 0 Å². The molecule has 3 aromatic rings. The van der Waals surface area contributed by atoms with Crippen molar-refractivity contribution in [3.05, 3.63) is 71.1 Å². The standard InChI is InChI=1S/C20H15N5O2SSe/c1-24-19(27)15(18(26)23-20(24)28)11-14-7-8-17(29-14)25(13-5-4-9-21-12-13)16-6-2-3-10-22-16/h2-12H,1H3,(H,23,26,28)/b15-11+. The molecule has 0 aromatic carbocycles. The first kappa shape index (κ1) is 19.2. The fourth-order valence-corrected chi connectivity index (χ4v) is 5.01. The summed E-state index contributed by atoms with van der Waals surface area (Å²) in [4.78, 5) is 36.6. The van der Waals surface area contributed by atoms with E-state index in [0.29, 0.717) is 0 Å². The molecule has 0 unspecified atom stereocenters. The average Bonchev–Trinajstić information content (AvgIpc) is 3.19.